The zero-order chi connectivity index (χ0) is 22.7. The van der Waals surface area contributed by atoms with Crippen LogP contribution in [-0.2, 0) is 0 Å². The van der Waals surface area contributed by atoms with Crippen LogP contribution in [0.15, 0.2) is 61.1 Å². The fourth-order valence-electron chi connectivity index (χ4n) is 3.76. The van der Waals surface area contributed by atoms with E-state index < -0.39 is 0 Å². The number of carbonyl (C=O) groups is 3. The highest BCUT2D eigenvalue weighted by atomic mass is 16.2. The minimum absolute atomic E-state index is 0.173. The second-order valence-electron chi connectivity index (χ2n) is 7.85. The first kappa shape index (κ1) is 21.4. The van der Waals surface area contributed by atoms with Crippen molar-refractivity contribution in [3.05, 3.63) is 94.6 Å². The largest absolute Gasteiger partial charge is 0.335 e. The van der Waals surface area contributed by atoms with Gasteiger partial charge < -0.3 is 9.80 Å². The number of hydrogen-bond donors (Lipinski definition) is 0. The summed E-state index contributed by atoms with van der Waals surface area (Å²) in [6, 6.07) is 12.5. The van der Waals surface area contributed by atoms with Crippen LogP contribution in [0.1, 0.15) is 47.9 Å². The van der Waals surface area contributed by atoms with Crippen LogP contribution in [0.5, 0.6) is 0 Å². The molecule has 162 valence electrons. The average Bonchev–Trinajstić information content (AvgIpc) is 2.85. The standard InChI is InChI=1S/C25H24N4O3/c1-17-7-8-19(15-18(17)2)23(30)20-5-3-4-6-21(20)24(31)28-11-13-29(14-12-28)25(32)22-16-26-9-10-27-22/h3-10,15-16H,11-14H2,1-2H3. The number of rotatable bonds is 4. The molecular formula is C25H24N4O3. The molecule has 0 radical (unpaired) electrons. The zero-order valence-corrected chi connectivity index (χ0v) is 18.1. The first-order valence-electron chi connectivity index (χ1n) is 10.5. The molecular weight excluding hydrogens is 404 g/mol. The van der Waals surface area contributed by atoms with Gasteiger partial charge in [0, 0.05) is 49.7 Å². The maximum atomic E-state index is 13.3. The van der Waals surface area contributed by atoms with Crippen molar-refractivity contribution in [3.8, 4) is 0 Å². The van der Waals surface area contributed by atoms with Gasteiger partial charge in [0.1, 0.15) is 5.69 Å². The minimum Gasteiger partial charge on any atom is -0.335 e. The quantitative estimate of drug-likeness (QED) is 0.597. The number of piperazine rings is 1. The molecule has 0 N–H and O–H groups in total. The van der Waals surface area contributed by atoms with Crippen molar-refractivity contribution in [1.29, 1.82) is 0 Å². The van der Waals surface area contributed by atoms with Gasteiger partial charge in [-0.3, -0.25) is 19.4 Å². The maximum Gasteiger partial charge on any atom is 0.274 e. The number of nitrogens with zero attached hydrogens (tertiary/aromatic N) is 4. The Labute approximate surface area is 186 Å². The molecule has 7 nitrogen and oxygen atoms in total. The number of carbonyl (C=O) groups excluding carboxylic acids is 3. The van der Waals surface area contributed by atoms with Gasteiger partial charge in [0.15, 0.2) is 5.78 Å². The Balaban J connectivity index is 1.49. The summed E-state index contributed by atoms with van der Waals surface area (Å²) in [5.41, 5.74) is 3.76. The lowest BCUT2D eigenvalue weighted by Crippen LogP contribution is -2.51. The van der Waals surface area contributed by atoms with Crippen LogP contribution in [0.25, 0.3) is 0 Å². The third kappa shape index (κ3) is 4.27. The molecule has 1 aliphatic rings. The molecule has 1 saturated heterocycles. The van der Waals surface area contributed by atoms with Gasteiger partial charge in [-0.05, 0) is 37.1 Å². The second-order valence-corrected chi connectivity index (χ2v) is 7.85. The monoisotopic (exact) mass is 428 g/mol. The summed E-state index contributed by atoms with van der Waals surface area (Å²) in [6.07, 6.45) is 4.44. The molecule has 0 bridgehead atoms. The molecule has 32 heavy (non-hydrogen) atoms. The van der Waals surface area contributed by atoms with Crippen molar-refractivity contribution < 1.29 is 14.4 Å². The summed E-state index contributed by atoms with van der Waals surface area (Å²) in [6.45, 7) is 5.53. The van der Waals surface area contributed by atoms with E-state index in [2.05, 4.69) is 9.97 Å². The highest BCUT2D eigenvalue weighted by Gasteiger charge is 2.28. The molecule has 3 aromatic rings. The van der Waals surface area contributed by atoms with Crippen molar-refractivity contribution in [3.63, 3.8) is 0 Å². The molecule has 0 aliphatic carbocycles. The number of aromatic nitrogens is 2. The fourth-order valence-corrected chi connectivity index (χ4v) is 3.76. The van der Waals surface area contributed by atoms with Crippen molar-refractivity contribution in [2.24, 2.45) is 0 Å². The van der Waals surface area contributed by atoms with E-state index in [1.807, 2.05) is 26.0 Å². The van der Waals surface area contributed by atoms with E-state index in [1.165, 1.54) is 18.6 Å². The Kier molecular flexibility index (Phi) is 6.07. The first-order chi connectivity index (χ1) is 15.5. The lowest BCUT2D eigenvalue weighted by Gasteiger charge is -2.34. The zero-order valence-electron chi connectivity index (χ0n) is 18.1. The van der Waals surface area contributed by atoms with E-state index in [0.29, 0.717) is 42.9 Å². The normalized spacial score (nSPS) is 13.7. The molecule has 2 amide bonds. The Hall–Kier alpha value is -3.87. The van der Waals surface area contributed by atoms with Gasteiger partial charge in [-0.15, -0.1) is 0 Å². The lowest BCUT2D eigenvalue weighted by molar-refractivity contribution is 0.0531. The molecule has 4 rings (SSSR count). The number of amides is 2. The molecule has 0 atom stereocenters. The van der Waals surface area contributed by atoms with Crippen molar-refractivity contribution >= 4 is 17.6 Å². The average molecular weight is 428 g/mol. The van der Waals surface area contributed by atoms with Gasteiger partial charge in [-0.1, -0.05) is 30.3 Å². The van der Waals surface area contributed by atoms with Crippen molar-refractivity contribution in [2.45, 2.75) is 13.8 Å². The lowest BCUT2D eigenvalue weighted by atomic mass is 9.95. The number of hydrogen-bond acceptors (Lipinski definition) is 5. The minimum atomic E-state index is -0.204. The number of ketones is 1. The molecule has 0 spiro atoms. The summed E-state index contributed by atoms with van der Waals surface area (Å²) in [5, 5.41) is 0. The smallest absolute Gasteiger partial charge is 0.274 e. The third-order valence-electron chi connectivity index (χ3n) is 5.81. The molecule has 2 aromatic carbocycles. The molecule has 2 heterocycles. The van der Waals surface area contributed by atoms with Crippen LogP contribution in [0.4, 0.5) is 0 Å². The van der Waals surface area contributed by atoms with Gasteiger partial charge in [-0.25, -0.2) is 4.98 Å². The number of benzene rings is 2. The van der Waals surface area contributed by atoms with Gasteiger partial charge >= 0.3 is 0 Å². The highest BCUT2D eigenvalue weighted by molar-refractivity contribution is 6.15. The van der Waals surface area contributed by atoms with E-state index >= 15 is 0 Å². The van der Waals surface area contributed by atoms with Gasteiger partial charge in [0.05, 0.1) is 11.8 Å². The predicted octanol–water partition coefficient (Wildman–Crippen LogP) is 2.92. The van der Waals surface area contributed by atoms with Crippen LogP contribution >= 0.6 is 0 Å². The summed E-state index contributed by atoms with van der Waals surface area (Å²) >= 11 is 0. The predicted molar refractivity (Wildman–Crippen MR) is 120 cm³/mol. The van der Waals surface area contributed by atoms with E-state index in [9.17, 15) is 14.4 Å². The molecule has 0 saturated carbocycles. The third-order valence-corrected chi connectivity index (χ3v) is 5.81. The van der Waals surface area contributed by atoms with E-state index in [1.54, 1.807) is 40.1 Å². The van der Waals surface area contributed by atoms with Crippen LogP contribution in [0.2, 0.25) is 0 Å². The SMILES string of the molecule is Cc1ccc(C(=O)c2ccccc2C(=O)N2CCN(C(=O)c3cnccn3)CC2)cc1C. The summed E-state index contributed by atoms with van der Waals surface area (Å²) in [5.74, 6) is -0.576. The Morgan fingerprint density at radius 1 is 0.781 bits per heavy atom. The van der Waals surface area contributed by atoms with Crippen LogP contribution in [-0.4, -0.2) is 63.5 Å². The fraction of sp³-hybridized carbons (Fsp3) is 0.240. The summed E-state index contributed by atoms with van der Waals surface area (Å²) in [4.78, 5) is 50.4. The van der Waals surface area contributed by atoms with E-state index in [4.69, 9.17) is 0 Å². The van der Waals surface area contributed by atoms with Crippen LogP contribution in [0, 0.1) is 13.8 Å². The Morgan fingerprint density at radius 3 is 2.06 bits per heavy atom. The van der Waals surface area contributed by atoms with Gasteiger partial charge in [0.25, 0.3) is 11.8 Å². The molecule has 7 heteroatoms. The number of aryl methyl sites for hydroxylation is 2. The Bertz CT molecular complexity index is 1170. The van der Waals surface area contributed by atoms with E-state index in [-0.39, 0.29) is 23.3 Å². The molecule has 1 aliphatic heterocycles. The molecule has 1 fully saturated rings. The second kappa shape index (κ2) is 9.09. The summed E-state index contributed by atoms with van der Waals surface area (Å²) in [7, 11) is 0. The maximum absolute atomic E-state index is 13.3. The highest BCUT2D eigenvalue weighted by Crippen LogP contribution is 2.20. The topological polar surface area (TPSA) is 83.5 Å². The van der Waals surface area contributed by atoms with Gasteiger partial charge in [-0.2, -0.15) is 0 Å². The van der Waals surface area contributed by atoms with Crippen molar-refractivity contribution in [2.75, 3.05) is 26.2 Å². The molecule has 1 aromatic heterocycles. The van der Waals surface area contributed by atoms with Gasteiger partial charge in [0.2, 0.25) is 0 Å². The molecule has 0 unspecified atom stereocenters. The van der Waals surface area contributed by atoms with Crippen LogP contribution in [0.3, 0.4) is 0 Å². The van der Waals surface area contributed by atoms with Crippen molar-refractivity contribution in [1.82, 2.24) is 19.8 Å². The Morgan fingerprint density at radius 2 is 1.44 bits per heavy atom. The first-order valence-corrected chi connectivity index (χ1v) is 10.5. The summed E-state index contributed by atoms with van der Waals surface area (Å²) < 4.78 is 0. The van der Waals surface area contributed by atoms with E-state index in [0.717, 1.165) is 11.1 Å². The van der Waals surface area contributed by atoms with Crippen LogP contribution < -0.4 is 0 Å².